The summed E-state index contributed by atoms with van der Waals surface area (Å²) in [4.78, 5) is 30.7. The average Bonchev–Trinajstić information content (AvgIpc) is 3.26. The Morgan fingerprint density at radius 1 is 1.26 bits per heavy atom. The first kappa shape index (κ1) is 23.6. The number of benzene rings is 1. The van der Waals surface area contributed by atoms with E-state index in [1.54, 1.807) is 28.4 Å². The monoisotopic (exact) mass is 462 g/mol. The van der Waals surface area contributed by atoms with Crippen LogP contribution in [0.15, 0.2) is 35.7 Å². The summed E-state index contributed by atoms with van der Waals surface area (Å²) in [5.74, 6) is 1.08. The van der Waals surface area contributed by atoms with E-state index in [-0.39, 0.29) is 24.4 Å². The number of fused-ring (bicyclic) bond motifs is 1. The van der Waals surface area contributed by atoms with Crippen LogP contribution in [0.2, 0.25) is 5.02 Å². The van der Waals surface area contributed by atoms with Crippen LogP contribution >= 0.6 is 22.9 Å². The quantitative estimate of drug-likeness (QED) is 0.515. The number of hydrogen-bond acceptors (Lipinski definition) is 4. The third-order valence-electron chi connectivity index (χ3n) is 5.85. The molecular weight excluding hydrogens is 432 g/mol. The van der Waals surface area contributed by atoms with E-state index in [1.165, 1.54) is 4.88 Å². The summed E-state index contributed by atoms with van der Waals surface area (Å²) in [6.07, 6.45) is 2.21. The standard InChI is InChI=1S/C24H31ClN2O3S/c1-4-17(3)14-26(23(28)5-2)15-24(29)27-12-10-22-20(11-13-31-22)21(27)16-30-19-8-6-18(25)7-9-19/h6-9,11,13,17,21H,4-5,10,12,14-16H2,1-3H3/t17-,21+/m0/s1. The molecule has 1 aromatic heterocycles. The molecular formula is C24H31ClN2O3S. The molecule has 5 nitrogen and oxygen atoms in total. The van der Waals surface area contributed by atoms with E-state index in [1.807, 2.05) is 24.0 Å². The predicted molar refractivity (Wildman–Crippen MR) is 126 cm³/mol. The number of carbonyl (C=O) groups is 2. The zero-order chi connectivity index (χ0) is 22.4. The van der Waals surface area contributed by atoms with Gasteiger partial charge in [-0.2, -0.15) is 0 Å². The highest BCUT2D eigenvalue weighted by Crippen LogP contribution is 2.34. The van der Waals surface area contributed by atoms with Gasteiger partial charge in [-0.05, 0) is 53.6 Å². The third-order valence-corrected chi connectivity index (χ3v) is 7.10. The van der Waals surface area contributed by atoms with Crippen molar-refractivity contribution in [2.45, 2.75) is 46.1 Å². The number of thiophene rings is 1. The zero-order valence-electron chi connectivity index (χ0n) is 18.5. The molecule has 0 saturated carbocycles. The van der Waals surface area contributed by atoms with Crippen LogP contribution in [0, 0.1) is 5.92 Å². The van der Waals surface area contributed by atoms with Crippen molar-refractivity contribution in [3.63, 3.8) is 0 Å². The number of amides is 2. The Bertz CT molecular complexity index is 883. The van der Waals surface area contributed by atoms with Crippen LogP contribution in [0.4, 0.5) is 0 Å². The molecule has 0 saturated heterocycles. The Hall–Kier alpha value is -2.05. The first-order chi connectivity index (χ1) is 14.9. The topological polar surface area (TPSA) is 49.9 Å². The van der Waals surface area contributed by atoms with Crippen molar-refractivity contribution in [2.75, 3.05) is 26.2 Å². The van der Waals surface area contributed by atoms with Gasteiger partial charge >= 0.3 is 0 Å². The molecule has 2 heterocycles. The van der Waals surface area contributed by atoms with Crippen molar-refractivity contribution < 1.29 is 14.3 Å². The van der Waals surface area contributed by atoms with Crippen LogP contribution < -0.4 is 4.74 Å². The molecule has 1 aliphatic rings. The van der Waals surface area contributed by atoms with Crippen LogP contribution in [0.5, 0.6) is 5.75 Å². The maximum Gasteiger partial charge on any atom is 0.242 e. The highest BCUT2D eigenvalue weighted by atomic mass is 35.5. The molecule has 2 amide bonds. The summed E-state index contributed by atoms with van der Waals surface area (Å²) in [6.45, 7) is 7.79. The summed E-state index contributed by atoms with van der Waals surface area (Å²) >= 11 is 7.70. The molecule has 168 valence electrons. The number of halogens is 1. The van der Waals surface area contributed by atoms with Gasteiger partial charge in [0.15, 0.2) is 0 Å². The van der Waals surface area contributed by atoms with Crippen molar-refractivity contribution in [3.05, 3.63) is 51.2 Å². The van der Waals surface area contributed by atoms with Crippen molar-refractivity contribution >= 4 is 34.8 Å². The van der Waals surface area contributed by atoms with Gasteiger partial charge in [0.1, 0.15) is 12.4 Å². The largest absolute Gasteiger partial charge is 0.491 e. The third kappa shape index (κ3) is 6.01. The number of ether oxygens (including phenoxy) is 1. The van der Waals surface area contributed by atoms with Crippen LogP contribution in [0.25, 0.3) is 0 Å². The Morgan fingerprint density at radius 3 is 2.68 bits per heavy atom. The van der Waals surface area contributed by atoms with E-state index in [2.05, 4.69) is 25.3 Å². The molecule has 3 rings (SSSR count). The summed E-state index contributed by atoms with van der Waals surface area (Å²) in [5.41, 5.74) is 1.15. The summed E-state index contributed by atoms with van der Waals surface area (Å²) in [6, 6.07) is 9.17. The lowest BCUT2D eigenvalue weighted by Gasteiger charge is -2.37. The van der Waals surface area contributed by atoms with Gasteiger partial charge in [-0.25, -0.2) is 0 Å². The lowest BCUT2D eigenvalue weighted by atomic mass is 10.00. The average molecular weight is 463 g/mol. The van der Waals surface area contributed by atoms with Gasteiger partial charge in [-0.3, -0.25) is 9.59 Å². The fourth-order valence-corrected chi connectivity index (χ4v) is 4.87. The second-order valence-electron chi connectivity index (χ2n) is 8.06. The molecule has 0 spiro atoms. The lowest BCUT2D eigenvalue weighted by Crippen LogP contribution is -2.48. The predicted octanol–water partition coefficient (Wildman–Crippen LogP) is 5.19. The van der Waals surface area contributed by atoms with Gasteiger partial charge in [0.25, 0.3) is 0 Å². The maximum atomic E-state index is 13.4. The fraction of sp³-hybridized carbons (Fsp3) is 0.500. The van der Waals surface area contributed by atoms with Crippen molar-refractivity contribution in [3.8, 4) is 5.75 Å². The van der Waals surface area contributed by atoms with E-state index in [0.29, 0.717) is 37.1 Å². The highest BCUT2D eigenvalue weighted by Gasteiger charge is 2.33. The van der Waals surface area contributed by atoms with Gasteiger partial charge in [0, 0.05) is 29.4 Å². The minimum atomic E-state index is -0.166. The number of rotatable bonds is 9. The van der Waals surface area contributed by atoms with Crippen LogP contribution in [0.1, 0.15) is 50.1 Å². The van der Waals surface area contributed by atoms with Crippen molar-refractivity contribution in [2.24, 2.45) is 5.92 Å². The van der Waals surface area contributed by atoms with Crippen LogP contribution in [0.3, 0.4) is 0 Å². The van der Waals surface area contributed by atoms with Crippen LogP contribution in [-0.2, 0) is 16.0 Å². The molecule has 0 aliphatic carbocycles. The molecule has 0 radical (unpaired) electrons. The Labute approximate surface area is 193 Å². The van der Waals surface area contributed by atoms with Gasteiger partial charge in [0.05, 0.1) is 12.6 Å². The maximum absolute atomic E-state index is 13.4. The molecule has 7 heteroatoms. The normalized spacial score (nSPS) is 16.5. The molecule has 2 atom stereocenters. The molecule has 0 fully saturated rings. The Kier molecular flexibility index (Phi) is 8.38. The molecule has 1 aromatic carbocycles. The smallest absolute Gasteiger partial charge is 0.242 e. The summed E-state index contributed by atoms with van der Waals surface area (Å²) in [7, 11) is 0. The number of hydrogen-bond donors (Lipinski definition) is 0. The Balaban J connectivity index is 1.75. The van der Waals surface area contributed by atoms with Gasteiger partial charge in [0.2, 0.25) is 11.8 Å². The number of carbonyl (C=O) groups excluding carboxylic acids is 2. The minimum absolute atomic E-state index is 0.0216. The SMILES string of the molecule is CCC(=O)N(CC(=O)N1CCc2sccc2[C@H]1COc1ccc(Cl)cc1)C[C@@H](C)CC. The lowest BCUT2D eigenvalue weighted by molar-refractivity contribution is -0.143. The van der Waals surface area contributed by atoms with Gasteiger partial charge in [-0.15, -0.1) is 11.3 Å². The molecule has 0 bridgehead atoms. The van der Waals surface area contributed by atoms with E-state index in [0.717, 1.165) is 24.2 Å². The fourth-order valence-electron chi connectivity index (χ4n) is 3.82. The summed E-state index contributed by atoms with van der Waals surface area (Å²) < 4.78 is 6.03. The second-order valence-corrected chi connectivity index (χ2v) is 9.50. The molecule has 31 heavy (non-hydrogen) atoms. The van der Waals surface area contributed by atoms with Crippen molar-refractivity contribution in [1.82, 2.24) is 9.80 Å². The summed E-state index contributed by atoms with van der Waals surface area (Å²) in [5, 5.41) is 2.73. The van der Waals surface area contributed by atoms with E-state index >= 15 is 0 Å². The first-order valence-corrected chi connectivity index (χ1v) is 12.2. The minimum Gasteiger partial charge on any atom is -0.491 e. The zero-order valence-corrected chi connectivity index (χ0v) is 20.0. The first-order valence-electron chi connectivity index (χ1n) is 10.9. The van der Waals surface area contributed by atoms with E-state index in [4.69, 9.17) is 16.3 Å². The van der Waals surface area contributed by atoms with Gasteiger partial charge in [-0.1, -0.05) is 38.8 Å². The Morgan fingerprint density at radius 2 is 2.00 bits per heavy atom. The highest BCUT2D eigenvalue weighted by molar-refractivity contribution is 7.10. The molecule has 0 N–H and O–H groups in total. The molecule has 1 aliphatic heterocycles. The molecule has 0 unspecified atom stereocenters. The number of nitrogens with zero attached hydrogens (tertiary/aromatic N) is 2. The molecule has 2 aromatic rings. The van der Waals surface area contributed by atoms with E-state index < -0.39 is 0 Å². The second kappa shape index (κ2) is 11.0. The van der Waals surface area contributed by atoms with E-state index in [9.17, 15) is 9.59 Å². The van der Waals surface area contributed by atoms with Crippen LogP contribution in [-0.4, -0.2) is 47.9 Å². The van der Waals surface area contributed by atoms with Crippen molar-refractivity contribution in [1.29, 1.82) is 0 Å². The van der Waals surface area contributed by atoms with Gasteiger partial charge < -0.3 is 14.5 Å².